The van der Waals surface area contributed by atoms with Gasteiger partial charge in [-0.1, -0.05) is 6.92 Å². The van der Waals surface area contributed by atoms with Crippen molar-refractivity contribution < 1.29 is 9.53 Å². The molecule has 1 amide bonds. The fourth-order valence-electron chi connectivity index (χ4n) is 2.18. The molecule has 0 aromatic heterocycles. The molecule has 0 bridgehead atoms. The van der Waals surface area contributed by atoms with Crippen molar-refractivity contribution in [3.8, 4) is 0 Å². The van der Waals surface area contributed by atoms with E-state index in [-0.39, 0.29) is 5.91 Å². The molecule has 1 heterocycles. The number of piperazine rings is 1. The third-order valence-corrected chi connectivity index (χ3v) is 2.95. The van der Waals surface area contributed by atoms with Crippen LogP contribution in [0.4, 0.5) is 0 Å². The highest BCUT2D eigenvalue weighted by molar-refractivity contribution is 5.78. The second kappa shape index (κ2) is 7.63. The summed E-state index contributed by atoms with van der Waals surface area (Å²) < 4.78 is 5.10. The lowest BCUT2D eigenvalue weighted by Gasteiger charge is -2.29. The van der Waals surface area contributed by atoms with Crippen LogP contribution in [0.5, 0.6) is 0 Å². The Morgan fingerprint density at radius 1 is 1.47 bits per heavy atom. The molecule has 1 N–H and O–H groups in total. The number of rotatable bonds is 6. The predicted octanol–water partition coefficient (Wildman–Crippen LogP) is -0.367. The van der Waals surface area contributed by atoms with Gasteiger partial charge >= 0.3 is 0 Å². The van der Waals surface area contributed by atoms with Gasteiger partial charge in [0.25, 0.3) is 0 Å². The van der Waals surface area contributed by atoms with Crippen LogP contribution in [-0.2, 0) is 9.53 Å². The van der Waals surface area contributed by atoms with Gasteiger partial charge in [-0.2, -0.15) is 0 Å². The molecule has 1 unspecified atom stereocenters. The van der Waals surface area contributed by atoms with Crippen molar-refractivity contribution in [3.63, 3.8) is 0 Å². The smallest absolute Gasteiger partial charge is 0.236 e. The molecule has 0 aromatic rings. The van der Waals surface area contributed by atoms with E-state index >= 15 is 0 Å². The summed E-state index contributed by atoms with van der Waals surface area (Å²) in [6, 6.07) is 0. The number of amides is 1. The van der Waals surface area contributed by atoms with Gasteiger partial charge in [0.05, 0.1) is 6.54 Å². The van der Waals surface area contributed by atoms with Crippen LogP contribution in [0.25, 0.3) is 0 Å². The van der Waals surface area contributed by atoms with Gasteiger partial charge in [0.15, 0.2) is 0 Å². The molecule has 1 aliphatic heterocycles. The molecule has 100 valence electrons. The Balaban J connectivity index is 2.24. The van der Waals surface area contributed by atoms with E-state index in [1.165, 1.54) is 0 Å². The van der Waals surface area contributed by atoms with E-state index in [0.29, 0.717) is 12.5 Å². The zero-order valence-electron chi connectivity index (χ0n) is 11.2. The van der Waals surface area contributed by atoms with E-state index < -0.39 is 0 Å². The van der Waals surface area contributed by atoms with E-state index in [0.717, 1.165) is 39.3 Å². The first kappa shape index (κ1) is 14.4. The van der Waals surface area contributed by atoms with Gasteiger partial charge in [-0.05, 0) is 13.0 Å². The Labute approximate surface area is 104 Å². The zero-order valence-corrected chi connectivity index (χ0v) is 11.2. The third kappa shape index (κ3) is 5.48. The van der Waals surface area contributed by atoms with Crippen molar-refractivity contribution in [2.24, 2.45) is 5.92 Å². The summed E-state index contributed by atoms with van der Waals surface area (Å²) in [5.41, 5.74) is 0. The SMILES string of the molecule is COCC(C)CN(C)CC(=O)N1CCNCC1. The van der Waals surface area contributed by atoms with E-state index in [9.17, 15) is 4.79 Å². The molecule has 0 radical (unpaired) electrons. The largest absolute Gasteiger partial charge is 0.384 e. The predicted molar refractivity (Wildman–Crippen MR) is 68.0 cm³/mol. The van der Waals surface area contributed by atoms with Crippen molar-refractivity contribution in [3.05, 3.63) is 0 Å². The van der Waals surface area contributed by atoms with Gasteiger partial charge in [0.2, 0.25) is 5.91 Å². The number of hydrogen-bond donors (Lipinski definition) is 1. The summed E-state index contributed by atoms with van der Waals surface area (Å²) in [5, 5.41) is 3.25. The second-order valence-electron chi connectivity index (χ2n) is 4.89. The first-order valence-electron chi connectivity index (χ1n) is 6.29. The lowest BCUT2D eigenvalue weighted by atomic mass is 10.2. The van der Waals surface area contributed by atoms with Gasteiger partial charge in [-0.15, -0.1) is 0 Å². The molecular formula is C12H25N3O2. The Morgan fingerprint density at radius 2 is 2.12 bits per heavy atom. The molecule has 5 heteroatoms. The minimum atomic E-state index is 0.235. The second-order valence-corrected chi connectivity index (χ2v) is 4.89. The average molecular weight is 243 g/mol. The van der Waals surface area contributed by atoms with Crippen LogP contribution in [-0.4, -0.2) is 75.7 Å². The van der Waals surface area contributed by atoms with Gasteiger partial charge in [-0.3, -0.25) is 9.69 Å². The first-order chi connectivity index (χ1) is 8.13. The minimum Gasteiger partial charge on any atom is -0.384 e. The molecule has 0 aliphatic carbocycles. The van der Waals surface area contributed by atoms with Crippen molar-refractivity contribution in [1.82, 2.24) is 15.1 Å². The maximum atomic E-state index is 12.0. The van der Waals surface area contributed by atoms with Crippen molar-refractivity contribution in [2.45, 2.75) is 6.92 Å². The Bertz CT molecular complexity index is 230. The molecule has 0 aromatic carbocycles. The van der Waals surface area contributed by atoms with Gasteiger partial charge < -0.3 is 15.0 Å². The van der Waals surface area contributed by atoms with Crippen LogP contribution in [0.15, 0.2) is 0 Å². The molecule has 0 saturated carbocycles. The Kier molecular flexibility index (Phi) is 6.47. The summed E-state index contributed by atoms with van der Waals surface area (Å²) in [7, 11) is 3.70. The number of methoxy groups -OCH3 is 1. The van der Waals surface area contributed by atoms with Crippen molar-refractivity contribution in [2.75, 3.05) is 60.0 Å². The molecule has 5 nitrogen and oxygen atoms in total. The van der Waals surface area contributed by atoms with Crippen LogP contribution in [0, 0.1) is 5.92 Å². The first-order valence-corrected chi connectivity index (χ1v) is 6.29. The standard InChI is InChI=1S/C12H25N3O2/c1-11(10-17-3)8-14(2)9-12(16)15-6-4-13-5-7-15/h11,13H,4-10H2,1-3H3. The van der Waals surface area contributed by atoms with Crippen LogP contribution < -0.4 is 5.32 Å². The molecule has 1 atom stereocenters. The topological polar surface area (TPSA) is 44.8 Å². The molecule has 1 rings (SSSR count). The molecule has 1 aliphatic rings. The lowest BCUT2D eigenvalue weighted by Crippen LogP contribution is -2.49. The summed E-state index contributed by atoms with van der Waals surface area (Å²) in [6.07, 6.45) is 0. The number of ether oxygens (including phenoxy) is 1. The number of likely N-dealkylation sites (N-methyl/N-ethyl adjacent to an activating group) is 1. The Hall–Kier alpha value is -0.650. The van der Waals surface area contributed by atoms with Crippen LogP contribution >= 0.6 is 0 Å². The summed E-state index contributed by atoms with van der Waals surface area (Å²) >= 11 is 0. The zero-order chi connectivity index (χ0) is 12.7. The van der Waals surface area contributed by atoms with E-state index in [1.807, 2.05) is 11.9 Å². The van der Waals surface area contributed by atoms with Crippen molar-refractivity contribution >= 4 is 5.91 Å². The molecular weight excluding hydrogens is 218 g/mol. The van der Waals surface area contributed by atoms with Gasteiger partial charge in [-0.25, -0.2) is 0 Å². The number of nitrogens with one attached hydrogen (secondary N) is 1. The highest BCUT2D eigenvalue weighted by Gasteiger charge is 2.18. The Morgan fingerprint density at radius 3 is 2.71 bits per heavy atom. The number of nitrogens with zero attached hydrogens (tertiary/aromatic N) is 2. The number of carbonyl (C=O) groups is 1. The monoisotopic (exact) mass is 243 g/mol. The maximum Gasteiger partial charge on any atom is 0.236 e. The molecule has 0 spiro atoms. The normalized spacial score (nSPS) is 18.5. The highest BCUT2D eigenvalue weighted by atomic mass is 16.5. The average Bonchev–Trinajstić information content (AvgIpc) is 2.30. The third-order valence-electron chi connectivity index (χ3n) is 2.95. The minimum absolute atomic E-state index is 0.235. The summed E-state index contributed by atoms with van der Waals surface area (Å²) in [6.45, 7) is 7.77. The fraction of sp³-hybridized carbons (Fsp3) is 0.917. The quantitative estimate of drug-likeness (QED) is 0.691. The van der Waals surface area contributed by atoms with Crippen LogP contribution in [0.1, 0.15) is 6.92 Å². The highest BCUT2D eigenvalue weighted by Crippen LogP contribution is 2.00. The fourth-order valence-corrected chi connectivity index (χ4v) is 2.18. The summed E-state index contributed by atoms with van der Waals surface area (Å²) in [5.74, 6) is 0.694. The number of hydrogen-bond acceptors (Lipinski definition) is 4. The lowest BCUT2D eigenvalue weighted by molar-refractivity contribution is -0.132. The van der Waals surface area contributed by atoms with Crippen LogP contribution in [0.2, 0.25) is 0 Å². The molecule has 1 fully saturated rings. The van der Waals surface area contributed by atoms with Crippen LogP contribution in [0.3, 0.4) is 0 Å². The van der Waals surface area contributed by atoms with Crippen molar-refractivity contribution in [1.29, 1.82) is 0 Å². The molecule has 1 saturated heterocycles. The van der Waals surface area contributed by atoms with E-state index in [4.69, 9.17) is 4.74 Å². The van der Waals surface area contributed by atoms with Gasteiger partial charge in [0.1, 0.15) is 0 Å². The maximum absolute atomic E-state index is 12.0. The van der Waals surface area contributed by atoms with Gasteiger partial charge in [0, 0.05) is 46.4 Å². The molecule has 17 heavy (non-hydrogen) atoms. The van der Waals surface area contributed by atoms with E-state index in [1.54, 1.807) is 7.11 Å². The number of carbonyl (C=O) groups excluding carboxylic acids is 1. The van der Waals surface area contributed by atoms with E-state index in [2.05, 4.69) is 17.1 Å². The summed E-state index contributed by atoms with van der Waals surface area (Å²) in [4.78, 5) is 16.0.